The summed E-state index contributed by atoms with van der Waals surface area (Å²) >= 11 is 3.56. The predicted molar refractivity (Wildman–Crippen MR) is 63.4 cm³/mol. The molecule has 0 spiro atoms. The standard InChI is InChI=1S/C10H12N2S2/c1-11-10-12-7-9(14-10)5-4-8-3-2-6-13-8/h2-3,6-7H,4-5H2,1H3,(H,11,12). The van der Waals surface area contributed by atoms with Gasteiger partial charge in [-0.2, -0.15) is 0 Å². The Balaban J connectivity index is 1.92. The van der Waals surface area contributed by atoms with Crippen LogP contribution in [0.1, 0.15) is 9.75 Å². The molecule has 0 saturated heterocycles. The van der Waals surface area contributed by atoms with E-state index >= 15 is 0 Å². The Morgan fingerprint density at radius 1 is 1.36 bits per heavy atom. The average Bonchev–Trinajstić information content (AvgIpc) is 2.86. The Labute approximate surface area is 91.6 Å². The monoisotopic (exact) mass is 224 g/mol. The number of thiophene rings is 1. The van der Waals surface area contributed by atoms with E-state index in [2.05, 4.69) is 27.8 Å². The molecule has 2 rings (SSSR count). The van der Waals surface area contributed by atoms with Gasteiger partial charge in [0.2, 0.25) is 0 Å². The fourth-order valence-corrected chi connectivity index (χ4v) is 2.71. The Kier molecular flexibility index (Phi) is 3.16. The SMILES string of the molecule is CNc1ncc(CCc2cccs2)s1. The molecular formula is C10H12N2S2. The lowest BCUT2D eigenvalue weighted by molar-refractivity contribution is 0.999. The lowest BCUT2D eigenvalue weighted by atomic mass is 10.2. The van der Waals surface area contributed by atoms with Gasteiger partial charge in [0, 0.05) is 23.0 Å². The van der Waals surface area contributed by atoms with Crippen LogP contribution in [0.15, 0.2) is 23.7 Å². The Hall–Kier alpha value is -0.870. The maximum atomic E-state index is 4.25. The van der Waals surface area contributed by atoms with Crippen LogP contribution in [-0.2, 0) is 12.8 Å². The second-order valence-corrected chi connectivity index (χ2v) is 5.11. The van der Waals surface area contributed by atoms with Gasteiger partial charge in [-0.15, -0.1) is 22.7 Å². The summed E-state index contributed by atoms with van der Waals surface area (Å²) < 4.78 is 0. The molecule has 2 nitrogen and oxygen atoms in total. The van der Waals surface area contributed by atoms with E-state index < -0.39 is 0 Å². The molecule has 0 aromatic carbocycles. The van der Waals surface area contributed by atoms with E-state index in [-0.39, 0.29) is 0 Å². The first kappa shape index (κ1) is 9.68. The molecule has 4 heteroatoms. The molecular weight excluding hydrogens is 212 g/mol. The summed E-state index contributed by atoms with van der Waals surface area (Å²) in [5.74, 6) is 0. The zero-order valence-electron chi connectivity index (χ0n) is 7.99. The number of aryl methyl sites for hydroxylation is 2. The molecule has 0 aliphatic carbocycles. The molecule has 0 saturated carbocycles. The molecule has 1 N–H and O–H groups in total. The summed E-state index contributed by atoms with van der Waals surface area (Å²) in [6.07, 6.45) is 4.19. The third kappa shape index (κ3) is 2.33. The minimum atomic E-state index is 1.01. The molecule has 74 valence electrons. The number of thiazole rings is 1. The van der Waals surface area contributed by atoms with E-state index in [1.807, 2.05) is 24.6 Å². The third-order valence-corrected chi connectivity index (χ3v) is 3.98. The maximum Gasteiger partial charge on any atom is 0.182 e. The largest absolute Gasteiger partial charge is 0.365 e. The summed E-state index contributed by atoms with van der Waals surface area (Å²) in [6.45, 7) is 0. The lowest BCUT2D eigenvalue weighted by Crippen LogP contribution is -1.84. The number of hydrogen-bond donors (Lipinski definition) is 1. The smallest absolute Gasteiger partial charge is 0.182 e. The van der Waals surface area contributed by atoms with Crippen molar-refractivity contribution in [1.82, 2.24) is 4.98 Å². The van der Waals surface area contributed by atoms with Crippen molar-refractivity contribution in [1.29, 1.82) is 0 Å². The molecule has 0 unspecified atom stereocenters. The van der Waals surface area contributed by atoms with Crippen LogP contribution in [0.3, 0.4) is 0 Å². The van der Waals surface area contributed by atoms with E-state index in [9.17, 15) is 0 Å². The fraction of sp³-hybridized carbons (Fsp3) is 0.300. The molecule has 0 atom stereocenters. The maximum absolute atomic E-state index is 4.25. The summed E-state index contributed by atoms with van der Waals surface area (Å²) in [4.78, 5) is 7.04. The van der Waals surface area contributed by atoms with Gasteiger partial charge in [-0.05, 0) is 24.3 Å². The zero-order chi connectivity index (χ0) is 9.80. The van der Waals surface area contributed by atoms with Crippen LogP contribution in [0.2, 0.25) is 0 Å². The van der Waals surface area contributed by atoms with Crippen LogP contribution in [0.5, 0.6) is 0 Å². The summed E-state index contributed by atoms with van der Waals surface area (Å²) in [7, 11) is 1.90. The first-order valence-corrected chi connectivity index (χ1v) is 6.23. The normalized spacial score (nSPS) is 10.4. The van der Waals surface area contributed by atoms with Gasteiger partial charge in [0.15, 0.2) is 5.13 Å². The van der Waals surface area contributed by atoms with E-state index in [0.717, 1.165) is 18.0 Å². The number of nitrogens with zero attached hydrogens (tertiary/aromatic N) is 1. The highest BCUT2D eigenvalue weighted by Gasteiger charge is 2.01. The number of anilines is 1. The Bertz CT molecular complexity index is 378. The van der Waals surface area contributed by atoms with Gasteiger partial charge in [-0.1, -0.05) is 6.07 Å². The second kappa shape index (κ2) is 4.57. The van der Waals surface area contributed by atoms with E-state index in [1.165, 1.54) is 9.75 Å². The number of aromatic nitrogens is 1. The van der Waals surface area contributed by atoms with Crippen molar-refractivity contribution in [3.05, 3.63) is 33.5 Å². The van der Waals surface area contributed by atoms with E-state index in [0.29, 0.717) is 0 Å². The van der Waals surface area contributed by atoms with Crippen LogP contribution in [0, 0.1) is 0 Å². The van der Waals surface area contributed by atoms with Gasteiger partial charge in [0.25, 0.3) is 0 Å². The summed E-state index contributed by atoms with van der Waals surface area (Å²) in [6, 6.07) is 4.29. The molecule has 0 amide bonds. The highest BCUT2D eigenvalue weighted by atomic mass is 32.1. The highest BCUT2D eigenvalue weighted by molar-refractivity contribution is 7.15. The first-order valence-electron chi connectivity index (χ1n) is 4.53. The van der Waals surface area contributed by atoms with Gasteiger partial charge < -0.3 is 5.32 Å². The van der Waals surface area contributed by atoms with E-state index in [1.54, 1.807) is 11.3 Å². The van der Waals surface area contributed by atoms with Gasteiger partial charge in [-0.25, -0.2) is 4.98 Å². The average molecular weight is 224 g/mol. The second-order valence-electron chi connectivity index (χ2n) is 2.96. The molecule has 0 bridgehead atoms. The summed E-state index contributed by atoms with van der Waals surface area (Å²) in [5.41, 5.74) is 0. The van der Waals surface area contributed by atoms with Gasteiger partial charge in [-0.3, -0.25) is 0 Å². The van der Waals surface area contributed by atoms with Gasteiger partial charge in [0.1, 0.15) is 0 Å². The third-order valence-electron chi connectivity index (χ3n) is 1.97. The molecule has 0 aliphatic heterocycles. The first-order chi connectivity index (χ1) is 6.88. The van der Waals surface area contributed by atoms with Crippen LogP contribution in [0.25, 0.3) is 0 Å². The van der Waals surface area contributed by atoms with Crippen molar-refractivity contribution >= 4 is 27.8 Å². The predicted octanol–water partition coefficient (Wildman–Crippen LogP) is 3.03. The quantitative estimate of drug-likeness (QED) is 0.863. The van der Waals surface area contributed by atoms with Crippen molar-refractivity contribution in [2.45, 2.75) is 12.8 Å². The van der Waals surface area contributed by atoms with Crippen molar-refractivity contribution in [2.24, 2.45) is 0 Å². The molecule has 2 heterocycles. The molecule has 2 aromatic rings. The topological polar surface area (TPSA) is 24.9 Å². The Morgan fingerprint density at radius 3 is 2.86 bits per heavy atom. The van der Waals surface area contributed by atoms with Gasteiger partial charge in [0.05, 0.1) is 0 Å². The number of rotatable bonds is 4. The van der Waals surface area contributed by atoms with Crippen LogP contribution < -0.4 is 5.32 Å². The van der Waals surface area contributed by atoms with Gasteiger partial charge >= 0.3 is 0 Å². The van der Waals surface area contributed by atoms with Crippen molar-refractivity contribution in [3.8, 4) is 0 Å². The van der Waals surface area contributed by atoms with Crippen molar-refractivity contribution in [3.63, 3.8) is 0 Å². The molecule has 0 fully saturated rings. The Morgan fingerprint density at radius 2 is 2.21 bits per heavy atom. The fourth-order valence-electron chi connectivity index (χ4n) is 1.24. The number of nitrogens with one attached hydrogen (secondary N) is 1. The number of hydrogen-bond acceptors (Lipinski definition) is 4. The lowest BCUT2D eigenvalue weighted by Gasteiger charge is -1.93. The zero-order valence-corrected chi connectivity index (χ0v) is 9.62. The van der Waals surface area contributed by atoms with Crippen LogP contribution in [-0.4, -0.2) is 12.0 Å². The molecule has 14 heavy (non-hydrogen) atoms. The minimum Gasteiger partial charge on any atom is -0.365 e. The van der Waals surface area contributed by atoms with Crippen molar-refractivity contribution < 1.29 is 0 Å². The van der Waals surface area contributed by atoms with Crippen LogP contribution >= 0.6 is 22.7 Å². The molecule has 0 aliphatic rings. The highest BCUT2D eigenvalue weighted by Crippen LogP contribution is 2.20. The summed E-state index contributed by atoms with van der Waals surface area (Å²) in [5, 5.41) is 6.18. The van der Waals surface area contributed by atoms with Crippen LogP contribution in [0.4, 0.5) is 5.13 Å². The molecule has 0 radical (unpaired) electrons. The molecule has 2 aromatic heterocycles. The minimum absolute atomic E-state index is 1.01. The van der Waals surface area contributed by atoms with E-state index in [4.69, 9.17) is 0 Å². The van der Waals surface area contributed by atoms with Crippen molar-refractivity contribution in [2.75, 3.05) is 12.4 Å².